The number of aliphatic imine (C=N–C) groups is 2. The second-order valence-electron chi connectivity index (χ2n) is 3.42. The summed E-state index contributed by atoms with van der Waals surface area (Å²) in [5.41, 5.74) is 0. The first-order valence-electron chi connectivity index (χ1n) is 5.03. The summed E-state index contributed by atoms with van der Waals surface area (Å²) < 4.78 is 21.7. The molecular weight excluding hydrogens is 244 g/mol. The predicted octanol–water partition coefficient (Wildman–Crippen LogP) is -1.19. The molecule has 0 aromatic rings. The van der Waals surface area contributed by atoms with Crippen molar-refractivity contribution < 1.29 is 13.2 Å². The van der Waals surface area contributed by atoms with Crippen LogP contribution in [0.2, 0.25) is 0 Å². The smallest absolute Gasteiger partial charge is 0.262 e. The topological polar surface area (TPSA) is 100.0 Å². The fourth-order valence-electron chi connectivity index (χ4n) is 0.810. The molecule has 98 valence electrons. The minimum Gasteiger partial charge on any atom is -0.354 e. The molecule has 8 heteroatoms. The molecule has 17 heavy (non-hydrogen) atoms. The Kier molecular flexibility index (Phi) is 7.31. The number of hydrogen-bond donors (Lipinski definition) is 2. The first-order valence-corrected chi connectivity index (χ1v) is 7.09. The molecule has 0 aliphatic rings. The lowest BCUT2D eigenvalue weighted by molar-refractivity contribution is -0.113. The minimum absolute atomic E-state index is 0.0639. The Labute approximate surface area is 101 Å². The van der Waals surface area contributed by atoms with E-state index >= 15 is 0 Å². The lowest BCUT2D eigenvalue weighted by Gasteiger charge is -2.06. The Hall–Kier alpha value is -1.28. The average molecular weight is 262 g/mol. The summed E-state index contributed by atoms with van der Waals surface area (Å²) in [7, 11) is -1.46. The van der Waals surface area contributed by atoms with Gasteiger partial charge in [-0.15, -0.1) is 0 Å². The van der Waals surface area contributed by atoms with Gasteiger partial charge >= 0.3 is 0 Å². The van der Waals surface area contributed by atoms with Crippen LogP contribution in [0, 0.1) is 0 Å². The highest BCUT2D eigenvalue weighted by atomic mass is 32.2. The summed E-state index contributed by atoms with van der Waals surface area (Å²) in [6.45, 7) is 2.09. The predicted molar refractivity (Wildman–Crippen MR) is 68.2 cm³/mol. The van der Waals surface area contributed by atoms with Crippen molar-refractivity contribution in [3.8, 4) is 0 Å². The summed E-state index contributed by atoms with van der Waals surface area (Å²) >= 11 is 0. The highest BCUT2D eigenvalue weighted by molar-refractivity contribution is 7.90. The van der Waals surface area contributed by atoms with Crippen LogP contribution in [-0.4, -0.2) is 58.6 Å². The Bertz CT molecular complexity index is 389. The first-order chi connectivity index (χ1) is 7.85. The number of carbonyl (C=O) groups is 1. The third-order valence-electron chi connectivity index (χ3n) is 1.71. The van der Waals surface area contributed by atoms with E-state index in [0.29, 0.717) is 6.54 Å². The summed E-state index contributed by atoms with van der Waals surface area (Å²) in [6, 6.07) is 0. The zero-order chi connectivity index (χ0) is 13.3. The maximum absolute atomic E-state index is 10.8. The third-order valence-corrected chi connectivity index (χ3v) is 2.65. The monoisotopic (exact) mass is 262 g/mol. The van der Waals surface area contributed by atoms with Crippen molar-refractivity contribution in [1.29, 1.82) is 0 Å². The number of nitrogens with zero attached hydrogens (tertiary/aromatic N) is 2. The Morgan fingerprint density at radius 2 is 2.12 bits per heavy atom. The molecule has 0 heterocycles. The molecule has 0 rings (SSSR count). The van der Waals surface area contributed by atoms with Crippen molar-refractivity contribution in [3.05, 3.63) is 0 Å². The van der Waals surface area contributed by atoms with Crippen molar-refractivity contribution >= 4 is 28.3 Å². The van der Waals surface area contributed by atoms with Crippen LogP contribution in [0.15, 0.2) is 9.98 Å². The summed E-state index contributed by atoms with van der Waals surface area (Å²) in [6.07, 6.45) is 3.27. The Morgan fingerprint density at radius 3 is 2.65 bits per heavy atom. The Balaban J connectivity index is 3.86. The van der Waals surface area contributed by atoms with Gasteiger partial charge in [0.25, 0.3) is 5.91 Å². The molecule has 0 aromatic carbocycles. The average Bonchev–Trinajstić information content (AvgIpc) is 2.22. The quantitative estimate of drug-likeness (QED) is 0.445. The van der Waals surface area contributed by atoms with Crippen molar-refractivity contribution in [2.75, 3.05) is 25.6 Å². The molecule has 0 aromatic heterocycles. The van der Waals surface area contributed by atoms with Crippen LogP contribution < -0.4 is 10.6 Å². The normalized spacial score (nSPS) is 14.3. The van der Waals surface area contributed by atoms with Crippen LogP contribution in [0.3, 0.4) is 0 Å². The molecule has 0 saturated heterocycles. The van der Waals surface area contributed by atoms with Crippen LogP contribution >= 0.6 is 0 Å². The molecule has 1 unspecified atom stereocenters. The second kappa shape index (κ2) is 7.91. The van der Waals surface area contributed by atoms with E-state index in [4.69, 9.17) is 0 Å². The zero-order valence-electron chi connectivity index (χ0n) is 10.2. The van der Waals surface area contributed by atoms with Crippen LogP contribution in [-0.2, 0) is 14.6 Å². The van der Waals surface area contributed by atoms with Gasteiger partial charge in [-0.05, 0) is 6.92 Å². The van der Waals surface area contributed by atoms with Crippen molar-refractivity contribution in [1.82, 2.24) is 10.6 Å². The third kappa shape index (κ3) is 11.0. The molecule has 0 spiro atoms. The molecule has 0 saturated carbocycles. The van der Waals surface area contributed by atoms with Crippen molar-refractivity contribution in [2.24, 2.45) is 9.98 Å². The van der Waals surface area contributed by atoms with Gasteiger partial charge in [0, 0.05) is 19.8 Å². The fraction of sp³-hybridized carbons (Fsp3) is 0.667. The molecule has 0 bridgehead atoms. The number of carbonyl (C=O) groups excluding carboxylic acids is 1. The number of rotatable bonds is 7. The van der Waals surface area contributed by atoms with Crippen LogP contribution in [0.5, 0.6) is 0 Å². The summed E-state index contributed by atoms with van der Waals surface area (Å²) in [4.78, 5) is 18.3. The maximum atomic E-state index is 10.8. The molecule has 1 atom stereocenters. The van der Waals surface area contributed by atoms with E-state index in [1.54, 1.807) is 6.92 Å². The lowest BCUT2D eigenvalue weighted by Crippen LogP contribution is -2.29. The van der Waals surface area contributed by atoms with Crippen LogP contribution in [0.1, 0.15) is 6.92 Å². The van der Waals surface area contributed by atoms with Gasteiger partial charge in [-0.2, -0.15) is 0 Å². The SMILES string of the molecule is CNC(=O)/C=N/C=N\C(C)NCCS(C)(=O)=O. The van der Waals surface area contributed by atoms with E-state index in [2.05, 4.69) is 20.6 Å². The lowest BCUT2D eigenvalue weighted by atomic mass is 10.5. The molecule has 0 radical (unpaired) electrons. The first kappa shape index (κ1) is 15.7. The summed E-state index contributed by atoms with van der Waals surface area (Å²) in [5.74, 6) is -0.247. The minimum atomic E-state index is -2.96. The molecule has 2 N–H and O–H groups in total. The van der Waals surface area contributed by atoms with Gasteiger partial charge in [-0.25, -0.2) is 13.4 Å². The van der Waals surface area contributed by atoms with Gasteiger partial charge in [0.1, 0.15) is 16.2 Å². The van der Waals surface area contributed by atoms with Gasteiger partial charge in [0.05, 0.1) is 18.1 Å². The number of hydrogen-bond acceptors (Lipinski definition) is 5. The van der Waals surface area contributed by atoms with E-state index in [0.717, 1.165) is 6.21 Å². The van der Waals surface area contributed by atoms with E-state index in [9.17, 15) is 13.2 Å². The Morgan fingerprint density at radius 1 is 1.47 bits per heavy atom. The standard InChI is InChI=1S/C9H18N4O3S/c1-8(12-4-5-17(3,15)16)13-7-11-6-9(14)10-2/h6-8,12H,4-5H2,1-3H3,(H,10,14)/b11-6+,13-7-. The molecule has 1 amide bonds. The number of sulfone groups is 1. The highest BCUT2D eigenvalue weighted by Crippen LogP contribution is 1.85. The number of nitrogens with one attached hydrogen (secondary N) is 2. The van der Waals surface area contributed by atoms with Gasteiger partial charge in [0.15, 0.2) is 0 Å². The molecular formula is C9H18N4O3S. The largest absolute Gasteiger partial charge is 0.354 e. The van der Waals surface area contributed by atoms with Gasteiger partial charge < -0.3 is 5.32 Å². The summed E-state index contributed by atoms with van der Waals surface area (Å²) in [5, 5.41) is 5.26. The van der Waals surface area contributed by atoms with Crippen molar-refractivity contribution in [3.63, 3.8) is 0 Å². The molecule has 0 aliphatic heterocycles. The molecule has 0 fully saturated rings. The van der Waals surface area contributed by atoms with E-state index in [-0.39, 0.29) is 17.8 Å². The van der Waals surface area contributed by atoms with E-state index in [1.807, 2.05) is 0 Å². The fourth-order valence-corrected chi connectivity index (χ4v) is 1.30. The van der Waals surface area contributed by atoms with Crippen LogP contribution in [0.25, 0.3) is 0 Å². The second-order valence-corrected chi connectivity index (χ2v) is 5.68. The van der Waals surface area contributed by atoms with Gasteiger partial charge in [-0.3, -0.25) is 15.1 Å². The van der Waals surface area contributed by atoms with Gasteiger partial charge in [-0.1, -0.05) is 0 Å². The van der Waals surface area contributed by atoms with Crippen LogP contribution in [0.4, 0.5) is 0 Å². The van der Waals surface area contributed by atoms with E-state index in [1.165, 1.54) is 19.6 Å². The molecule has 0 aliphatic carbocycles. The van der Waals surface area contributed by atoms with Crippen molar-refractivity contribution in [2.45, 2.75) is 13.1 Å². The maximum Gasteiger partial charge on any atom is 0.262 e. The number of amides is 1. The van der Waals surface area contributed by atoms with E-state index < -0.39 is 9.84 Å². The van der Waals surface area contributed by atoms with Gasteiger partial charge in [0.2, 0.25) is 0 Å². The highest BCUT2D eigenvalue weighted by Gasteiger charge is 2.02. The zero-order valence-corrected chi connectivity index (χ0v) is 11.0. The molecule has 7 nitrogen and oxygen atoms in total.